The average molecular weight is 264 g/mol. The number of rotatable bonds is 1. The Labute approximate surface area is 106 Å². The minimum Gasteiger partial charge on any atom is -0.345 e. The second kappa shape index (κ2) is 4.64. The molecule has 0 unspecified atom stereocenters. The summed E-state index contributed by atoms with van der Waals surface area (Å²) in [5.74, 6) is 4.61. The summed E-state index contributed by atoms with van der Waals surface area (Å²) in [4.78, 5) is 11.2. The van der Waals surface area contributed by atoms with Gasteiger partial charge >= 0.3 is 0 Å². The summed E-state index contributed by atoms with van der Waals surface area (Å²) in [5, 5.41) is 3.86. The molecular formula is C8H7N4OY-. The van der Waals surface area contributed by atoms with E-state index in [-0.39, 0.29) is 38.6 Å². The molecule has 2 heterocycles. The van der Waals surface area contributed by atoms with Gasteiger partial charge in [0.1, 0.15) is 0 Å². The molecule has 0 saturated carbocycles. The molecule has 69 valence electrons. The summed E-state index contributed by atoms with van der Waals surface area (Å²) in [6, 6.07) is 5.41. The summed E-state index contributed by atoms with van der Waals surface area (Å²) in [6.45, 7) is 0. The van der Waals surface area contributed by atoms with Crippen LogP contribution in [0.4, 0.5) is 0 Å². The molecule has 0 aliphatic heterocycles. The predicted molar refractivity (Wildman–Crippen MR) is 45.7 cm³/mol. The summed E-state index contributed by atoms with van der Waals surface area (Å²) in [6.07, 6.45) is 4.32. The Balaban J connectivity index is 0.000000980. The van der Waals surface area contributed by atoms with Crippen LogP contribution in [0.1, 0.15) is 10.4 Å². The number of hydrogen-bond acceptors (Lipinski definition) is 3. The van der Waals surface area contributed by atoms with Crippen LogP contribution in [0.25, 0.3) is 5.52 Å². The first-order valence-electron chi connectivity index (χ1n) is 3.69. The quantitative estimate of drug-likeness (QED) is 0.322. The number of nitrogens with one attached hydrogen (secondary N) is 1. The number of hydrogen-bond donors (Lipinski definition) is 2. The molecule has 0 atom stereocenters. The topological polar surface area (TPSA) is 72.4 Å². The SMILES string of the molecule is NNC(=O)c1[c-]nn2ccccc12.[Y]. The number of nitrogen functional groups attached to an aromatic ring is 1. The Morgan fingerprint density at radius 1 is 1.57 bits per heavy atom. The van der Waals surface area contributed by atoms with Crippen LogP contribution in [0.5, 0.6) is 0 Å². The first-order valence-corrected chi connectivity index (χ1v) is 3.69. The number of hydrazine groups is 1. The maximum atomic E-state index is 11.2. The number of pyridine rings is 1. The van der Waals surface area contributed by atoms with Crippen molar-refractivity contribution < 1.29 is 37.5 Å². The third-order valence-electron chi connectivity index (χ3n) is 1.72. The average Bonchev–Trinajstić information content (AvgIpc) is 2.60. The molecule has 3 N–H and O–H groups in total. The maximum absolute atomic E-state index is 11.2. The van der Waals surface area contributed by atoms with Crippen LogP contribution in [0.3, 0.4) is 0 Å². The van der Waals surface area contributed by atoms with Gasteiger partial charge in [-0.3, -0.25) is 10.9 Å². The third-order valence-corrected chi connectivity index (χ3v) is 1.72. The van der Waals surface area contributed by atoms with Gasteiger partial charge in [-0.05, 0) is 17.8 Å². The van der Waals surface area contributed by atoms with E-state index in [0.717, 1.165) is 0 Å². The van der Waals surface area contributed by atoms with Crippen LogP contribution >= 0.6 is 0 Å². The van der Waals surface area contributed by atoms with Gasteiger partial charge in [-0.25, -0.2) is 0 Å². The van der Waals surface area contributed by atoms with Gasteiger partial charge in [0.25, 0.3) is 0 Å². The van der Waals surface area contributed by atoms with Crippen LogP contribution in [0, 0.1) is 6.20 Å². The van der Waals surface area contributed by atoms with Crippen LogP contribution in [0.15, 0.2) is 24.4 Å². The van der Waals surface area contributed by atoms with Crippen LogP contribution in [-0.4, -0.2) is 15.5 Å². The normalized spacial score (nSPS) is 9.50. The van der Waals surface area contributed by atoms with Crippen molar-refractivity contribution in [2.45, 2.75) is 0 Å². The van der Waals surface area contributed by atoms with E-state index < -0.39 is 0 Å². The number of amides is 1. The van der Waals surface area contributed by atoms with Crippen molar-refractivity contribution in [3.8, 4) is 0 Å². The van der Waals surface area contributed by atoms with Crippen molar-refractivity contribution in [3.63, 3.8) is 0 Å². The molecule has 5 nitrogen and oxygen atoms in total. The van der Waals surface area contributed by atoms with Gasteiger partial charge in [0, 0.05) is 38.9 Å². The van der Waals surface area contributed by atoms with E-state index in [1.807, 2.05) is 17.6 Å². The summed E-state index contributed by atoms with van der Waals surface area (Å²) in [7, 11) is 0. The maximum Gasteiger partial charge on any atom is 0.153 e. The van der Waals surface area contributed by atoms with Crippen molar-refractivity contribution in [1.82, 2.24) is 15.0 Å². The van der Waals surface area contributed by atoms with E-state index in [9.17, 15) is 4.79 Å². The molecular weight excluding hydrogens is 257 g/mol. The first-order chi connectivity index (χ1) is 6.33. The van der Waals surface area contributed by atoms with Gasteiger partial charge in [-0.1, -0.05) is 17.7 Å². The summed E-state index contributed by atoms with van der Waals surface area (Å²) >= 11 is 0. The smallest absolute Gasteiger partial charge is 0.153 e. The molecule has 14 heavy (non-hydrogen) atoms. The number of carbonyl (C=O) groups is 1. The molecule has 2 aromatic heterocycles. The molecule has 0 saturated heterocycles. The molecule has 0 aliphatic carbocycles. The van der Waals surface area contributed by atoms with Gasteiger partial charge in [0.2, 0.25) is 0 Å². The van der Waals surface area contributed by atoms with E-state index >= 15 is 0 Å². The monoisotopic (exact) mass is 264 g/mol. The fourth-order valence-corrected chi connectivity index (χ4v) is 1.12. The Morgan fingerprint density at radius 2 is 2.36 bits per heavy atom. The molecule has 0 bridgehead atoms. The third kappa shape index (κ3) is 1.84. The Bertz CT molecular complexity index is 453. The number of aromatic nitrogens is 2. The summed E-state index contributed by atoms with van der Waals surface area (Å²) < 4.78 is 1.56. The van der Waals surface area contributed by atoms with Gasteiger partial charge in [-0.15, -0.1) is 0 Å². The van der Waals surface area contributed by atoms with Crippen molar-refractivity contribution in [2.75, 3.05) is 0 Å². The molecule has 0 fully saturated rings. The van der Waals surface area contributed by atoms with Crippen LogP contribution in [-0.2, 0) is 32.7 Å². The zero-order chi connectivity index (χ0) is 9.26. The molecule has 6 heteroatoms. The largest absolute Gasteiger partial charge is 0.345 e. The molecule has 0 aliphatic rings. The van der Waals surface area contributed by atoms with Crippen LogP contribution in [0.2, 0.25) is 0 Å². The van der Waals surface area contributed by atoms with Crippen molar-refractivity contribution in [1.29, 1.82) is 0 Å². The molecule has 2 aromatic rings. The number of fused-ring (bicyclic) bond motifs is 1. The molecule has 0 spiro atoms. The second-order valence-electron chi connectivity index (χ2n) is 2.49. The van der Waals surface area contributed by atoms with Gasteiger partial charge in [0.15, 0.2) is 5.91 Å². The van der Waals surface area contributed by atoms with Crippen molar-refractivity contribution in [2.24, 2.45) is 5.84 Å². The van der Waals surface area contributed by atoms with E-state index in [0.29, 0.717) is 11.1 Å². The van der Waals surface area contributed by atoms with Gasteiger partial charge in [-0.2, -0.15) is 0 Å². The minimum atomic E-state index is -0.388. The zero-order valence-corrected chi connectivity index (χ0v) is 10.1. The van der Waals surface area contributed by atoms with Gasteiger partial charge in [0.05, 0.1) is 0 Å². The molecule has 1 amide bonds. The summed E-state index contributed by atoms with van der Waals surface area (Å²) in [5.41, 5.74) is 3.07. The Morgan fingerprint density at radius 3 is 3.07 bits per heavy atom. The number of carbonyl (C=O) groups excluding carboxylic acids is 1. The number of nitrogens with zero attached hydrogens (tertiary/aromatic N) is 2. The van der Waals surface area contributed by atoms with Crippen molar-refractivity contribution >= 4 is 11.4 Å². The van der Waals surface area contributed by atoms with Gasteiger partial charge < -0.3 is 14.7 Å². The Hall–Kier alpha value is -0.776. The van der Waals surface area contributed by atoms with E-state index in [2.05, 4.69) is 11.3 Å². The molecule has 1 radical (unpaired) electrons. The standard InChI is InChI=1S/C8H7N4O.Y/c9-11-8(13)6-5-10-12-4-2-1-3-7(6)12;/h1-4H,9H2,(H,11,13);/q-1;. The fraction of sp³-hybridized carbons (Fsp3) is 0. The zero-order valence-electron chi connectivity index (χ0n) is 7.27. The molecule has 2 rings (SSSR count). The molecule has 0 aromatic carbocycles. The van der Waals surface area contributed by atoms with E-state index in [1.54, 1.807) is 16.8 Å². The second-order valence-corrected chi connectivity index (χ2v) is 2.49. The first kappa shape index (κ1) is 11.3. The Kier molecular flexibility index (Phi) is 3.74. The van der Waals surface area contributed by atoms with Crippen molar-refractivity contribution in [3.05, 3.63) is 36.2 Å². The van der Waals surface area contributed by atoms with E-state index in [4.69, 9.17) is 5.84 Å². The van der Waals surface area contributed by atoms with E-state index in [1.165, 1.54) is 0 Å². The number of nitrogens with two attached hydrogens (primary N) is 1. The fourth-order valence-electron chi connectivity index (χ4n) is 1.12. The van der Waals surface area contributed by atoms with Crippen LogP contribution < -0.4 is 11.3 Å². The minimum absolute atomic E-state index is 0. The predicted octanol–water partition coefficient (Wildman–Crippen LogP) is -0.265.